The van der Waals surface area contributed by atoms with E-state index in [1.807, 2.05) is 60.7 Å². The van der Waals surface area contributed by atoms with Crippen LogP contribution >= 0.6 is 0 Å². The molecule has 0 fully saturated rings. The second kappa shape index (κ2) is 6.92. The molecule has 3 heteroatoms. The quantitative estimate of drug-likeness (QED) is 0.702. The molecule has 0 bridgehead atoms. The molecule has 3 nitrogen and oxygen atoms in total. The molecule has 0 atom stereocenters. The highest BCUT2D eigenvalue weighted by Gasteiger charge is 2.07. The van der Waals surface area contributed by atoms with Gasteiger partial charge in [0, 0.05) is 16.8 Å². The molecule has 0 radical (unpaired) electrons. The number of ketones is 1. The molecule has 1 amide bonds. The SMILES string of the molecule is CC(=O)c1cccc(-c2cccc(NC(=O)c3ccccc3)c2)c1. The first-order valence-electron chi connectivity index (χ1n) is 7.71. The number of carbonyl (C=O) groups excluding carboxylic acids is 2. The number of amides is 1. The summed E-state index contributed by atoms with van der Waals surface area (Å²) in [4.78, 5) is 23.8. The van der Waals surface area contributed by atoms with Gasteiger partial charge in [0.15, 0.2) is 5.78 Å². The average molecular weight is 315 g/mol. The van der Waals surface area contributed by atoms with Gasteiger partial charge in [0.1, 0.15) is 0 Å². The Bertz CT molecular complexity index is 885. The highest BCUT2D eigenvalue weighted by molar-refractivity contribution is 6.04. The Labute approximate surface area is 141 Å². The summed E-state index contributed by atoms with van der Waals surface area (Å²) >= 11 is 0. The third kappa shape index (κ3) is 3.58. The van der Waals surface area contributed by atoms with Crippen LogP contribution in [0.25, 0.3) is 11.1 Å². The molecule has 3 aromatic rings. The van der Waals surface area contributed by atoms with E-state index in [9.17, 15) is 9.59 Å². The molecule has 0 aliphatic rings. The number of rotatable bonds is 4. The van der Waals surface area contributed by atoms with Crippen LogP contribution in [0.5, 0.6) is 0 Å². The van der Waals surface area contributed by atoms with Crippen molar-refractivity contribution in [1.82, 2.24) is 0 Å². The molecule has 0 spiro atoms. The molecule has 1 N–H and O–H groups in total. The van der Waals surface area contributed by atoms with E-state index < -0.39 is 0 Å². The second-order valence-electron chi connectivity index (χ2n) is 5.54. The summed E-state index contributed by atoms with van der Waals surface area (Å²) < 4.78 is 0. The lowest BCUT2D eigenvalue weighted by Crippen LogP contribution is -2.11. The van der Waals surface area contributed by atoms with Crippen molar-refractivity contribution in [1.29, 1.82) is 0 Å². The minimum atomic E-state index is -0.148. The van der Waals surface area contributed by atoms with Gasteiger partial charge in [-0.05, 0) is 48.4 Å². The number of benzene rings is 3. The van der Waals surface area contributed by atoms with Crippen molar-refractivity contribution in [2.75, 3.05) is 5.32 Å². The van der Waals surface area contributed by atoms with Crippen molar-refractivity contribution in [3.63, 3.8) is 0 Å². The lowest BCUT2D eigenvalue weighted by Gasteiger charge is -2.08. The van der Waals surface area contributed by atoms with Crippen molar-refractivity contribution in [2.45, 2.75) is 6.92 Å². The van der Waals surface area contributed by atoms with Crippen LogP contribution in [0, 0.1) is 0 Å². The first-order chi connectivity index (χ1) is 11.6. The van der Waals surface area contributed by atoms with Gasteiger partial charge in [0.05, 0.1) is 0 Å². The maximum atomic E-state index is 12.2. The van der Waals surface area contributed by atoms with Gasteiger partial charge >= 0.3 is 0 Å². The lowest BCUT2D eigenvalue weighted by atomic mass is 10.0. The van der Waals surface area contributed by atoms with Crippen LogP contribution in [0.15, 0.2) is 78.9 Å². The molecule has 0 heterocycles. The van der Waals surface area contributed by atoms with E-state index in [1.165, 1.54) is 0 Å². The zero-order valence-corrected chi connectivity index (χ0v) is 13.3. The number of Topliss-reactive ketones (excluding diaryl/α,β-unsaturated/α-hetero) is 1. The minimum Gasteiger partial charge on any atom is -0.322 e. The molecular weight excluding hydrogens is 298 g/mol. The van der Waals surface area contributed by atoms with E-state index in [-0.39, 0.29) is 11.7 Å². The van der Waals surface area contributed by atoms with E-state index in [2.05, 4.69) is 5.32 Å². The molecule has 0 aliphatic heterocycles. The second-order valence-corrected chi connectivity index (χ2v) is 5.54. The van der Waals surface area contributed by atoms with Gasteiger partial charge in [-0.15, -0.1) is 0 Å². The summed E-state index contributed by atoms with van der Waals surface area (Å²) in [7, 11) is 0. The Morgan fingerprint density at radius 1 is 0.708 bits per heavy atom. The lowest BCUT2D eigenvalue weighted by molar-refractivity contribution is 0.101. The molecule has 0 aromatic heterocycles. The van der Waals surface area contributed by atoms with Crippen LogP contribution in [-0.4, -0.2) is 11.7 Å². The summed E-state index contributed by atoms with van der Waals surface area (Å²) in [5, 5.41) is 2.90. The molecule has 0 unspecified atom stereocenters. The summed E-state index contributed by atoms with van der Waals surface area (Å²) in [6.07, 6.45) is 0. The monoisotopic (exact) mass is 315 g/mol. The number of carbonyl (C=O) groups is 2. The van der Waals surface area contributed by atoms with Gasteiger partial charge in [-0.2, -0.15) is 0 Å². The van der Waals surface area contributed by atoms with Gasteiger partial charge in [0.2, 0.25) is 0 Å². The Balaban J connectivity index is 1.86. The smallest absolute Gasteiger partial charge is 0.255 e. The third-order valence-electron chi connectivity index (χ3n) is 3.76. The number of anilines is 1. The summed E-state index contributed by atoms with van der Waals surface area (Å²) in [5.41, 5.74) is 3.89. The van der Waals surface area contributed by atoms with E-state index in [1.54, 1.807) is 25.1 Å². The molecule has 3 aromatic carbocycles. The van der Waals surface area contributed by atoms with Crippen molar-refractivity contribution in [3.05, 3.63) is 90.0 Å². The molecule has 0 aliphatic carbocycles. The molecule has 0 saturated heterocycles. The van der Waals surface area contributed by atoms with E-state index in [0.717, 1.165) is 16.8 Å². The highest BCUT2D eigenvalue weighted by atomic mass is 16.1. The van der Waals surface area contributed by atoms with Crippen LogP contribution in [-0.2, 0) is 0 Å². The van der Waals surface area contributed by atoms with Crippen LogP contribution in [0.2, 0.25) is 0 Å². The predicted molar refractivity (Wildman–Crippen MR) is 96.3 cm³/mol. The molecule has 24 heavy (non-hydrogen) atoms. The number of nitrogens with one attached hydrogen (secondary N) is 1. The average Bonchev–Trinajstić information content (AvgIpc) is 2.63. The predicted octanol–water partition coefficient (Wildman–Crippen LogP) is 4.81. The third-order valence-corrected chi connectivity index (χ3v) is 3.76. The fourth-order valence-corrected chi connectivity index (χ4v) is 2.49. The zero-order valence-electron chi connectivity index (χ0n) is 13.3. The van der Waals surface area contributed by atoms with Crippen molar-refractivity contribution in [2.24, 2.45) is 0 Å². The van der Waals surface area contributed by atoms with Crippen LogP contribution in [0.1, 0.15) is 27.6 Å². The van der Waals surface area contributed by atoms with Crippen molar-refractivity contribution in [3.8, 4) is 11.1 Å². The fraction of sp³-hybridized carbons (Fsp3) is 0.0476. The van der Waals surface area contributed by atoms with E-state index in [0.29, 0.717) is 11.1 Å². The standard InChI is InChI=1S/C21H17NO2/c1-15(23)17-9-5-10-18(13-17)19-11-6-12-20(14-19)22-21(24)16-7-3-2-4-8-16/h2-14H,1H3,(H,22,24). The minimum absolute atomic E-state index is 0.0328. The molecule has 3 rings (SSSR count). The van der Waals surface area contributed by atoms with Crippen LogP contribution in [0.3, 0.4) is 0 Å². The summed E-state index contributed by atoms with van der Waals surface area (Å²) in [6, 6.07) is 24.1. The van der Waals surface area contributed by atoms with Gasteiger partial charge < -0.3 is 5.32 Å². The van der Waals surface area contributed by atoms with Gasteiger partial charge in [-0.3, -0.25) is 9.59 Å². The first-order valence-corrected chi connectivity index (χ1v) is 7.71. The number of hydrogen-bond acceptors (Lipinski definition) is 2. The van der Waals surface area contributed by atoms with Crippen LogP contribution < -0.4 is 5.32 Å². The molecular formula is C21H17NO2. The van der Waals surface area contributed by atoms with Crippen molar-refractivity contribution < 1.29 is 9.59 Å². The Morgan fingerprint density at radius 2 is 1.33 bits per heavy atom. The van der Waals surface area contributed by atoms with E-state index >= 15 is 0 Å². The highest BCUT2D eigenvalue weighted by Crippen LogP contribution is 2.24. The normalized spacial score (nSPS) is 10.2. The van der Waals surface area contributed by atoms with E-state index in [4.69, 9.17) is 0 Å². The van der Waals surface area contributed by atoms with Gasteiger partial charge in [0.25, 0.3) is 5.91 Å². The summed E-state index contributed by atoms with van der Waals surface area (Å²) in [5.74, 6) is -0.115. The maximum absolute atomic E-state index is 12.2. The topological polar surface area (TPSA) is 46.2 Å². The maximum Gasteiger partial charge on any atom is 0.255 e. The van der Waals surface area contributed by atoms with Gasteiger partial charge in [-0.25, -0.2) is 0 Å². The Kier molecular flexibility index (Phi) is 4.52. The molecule has 118 valence electrons. The number of hydrogen-bond donors (Lipinski definition) is 1. The fourth-order valence-electron chi connectivity index (χ4n) is 2.49. The van der Waals surface area contributed by atoms with Crippen LogP contribution in [0.4, 0.5) is 5.69 Å². The van der Waals surface area contributed by atoms with Gasteiger partial charge in [-0.1, -0.05) is 48.5 Å². The largest absolute Gasteiger partial charge is 0.322 e. The van der Waals surface area contributed by atoms with Crippen molar-refractivity contribution >= 4 is 17.4 Å². The first kappa shape index (κ1) is 15.7. The Hall–Kier alpha value is -3.20. The Morgan fingerprint density at radius 3 is 2.04 bits per heavy atom. The zero-order chi connectivity index (χ0) is 16.9. The molecule has 0 saturated carbocycles. The summed E-state index contributed by atoms with van der Waals surface area (Å²) in [6.45, 7) is 1.55.